The Morgan fingerprint density at radius 3 is 2.40 bits per heavy atom. The molecule has 0 fully saturated rings. The van der Waals surface area contributed by atoms with Crippen LogP contribution in [0.15, 0.2) is 0 Å². The molecule has 5 N–H and O–H groups in total. The maximum atomic E-state index is 10.4. The molecule has 0 aromatic carbocycles. The summed E-state index contributed by atoms with van der Waals surface area (Å²) in [5, 5.41) is 17.7. The summed E-state index contributed by atoms with van der Waals surface area (Å²) in [6.07, 6.45) is -1.48. The van der Waals surface area contributed by atoms with Gasteiger partial charge < -0.3 is 15.9 Å². The first-order valence-corrected chi connectivity index (χ1v) is 2.48. The molecular formula is C4H8N2O4. The third-order valence-electron chi connectivity index (χ3n) is 0.764. The standard InChI is InChI=1S/C4H8N2O4/c5-2(1-7)3(8)6-4(9)10/h2,7H,1,5H2,(H,6,8)(H,9,10)/t2-/m0/s1. The Bertz CT molecular complexity index is 146. The molecule has 0 aliphatic carbocycles. The van der Waals surface area contributed by atoms with Gasteiger partial charge in [0.2, 0.25) is 5.91 Å². The van der Waals surface area contributed by atoms with E-state index in [4.69, 9.17) is 15.9 Å². The van der Waals surface area contributed by atoms with E-state index in [1.807, 2.05) is 0 Å². The molecule has 0 aliphatic heterocycles. The molecule has 0 saturated carbocycles. The lowest BCUT2D eigenvalue weighted by atomic mass is 10.3. The van der Waals surface area contributed by atoms with Crippen LogP contribution in [-0.4, -0.2) is 34.9 Å². The average Bonchev–Trinajstić information content (AvgIpc) is 1.85. The zero-order valence-corrected chi connectivity index (χ0v) is 5.07. The Balaban J connectivity index is 3.73. The summed E-state index contributed by atoms with van der Waals surface area (Å²) in [4.78, 5) is 20.2. The van der Waals surface area contributed by atoms with Crippen LogP contribution in [0.1, 0.15) is 0 Å². The summed E-state index contributed by atoms with van der Waals surface area (Å²) in [7, 11) is 0. The summed E-state index contributed by atoms with van der Waals surface area (Å²) in [6.45, 7) is -0.570. The Labute approximate surface area is 56.6 Å². The molecule has 6 heteroatoms. The summed E-state index contributed by atoms with van der Waals surface area (Å²) >= 11 is 0. The van der Waals surface area contributed by atoms with Crippen LogP contribution >= 0.6 is 0 Å². The van der Waals surface area contributed by atoms with Crippen molar-refractivity contribution in [3.63, 3.8) is 0 Å². The van der Waals surface area contributed by atoms with Gasteiger partial charge in [0.15, 0.2) is 0 Å². The van der Waals surface area contributed by atoms with Crippen molar-refractivity contribution in [2.24, 2.45) is 5.73 Å². The zero-order valence-electron chi connectivity index (χ0n) is 5.07. The lowest BCUT2D eigenvalue weighted by Gasteiger charge is -2.04. The van der Waals surface area contributed by atoms with E-state index in [0.29, 0.717) is 0 Å². The molecule has 0 bridgehead atoms. The number of hydrogen-bond acceptors (Lipinski definition) is 4. The van der Waals surface area contributed by atoms with E-state index < -0.39 is 24.6 Å². The van der Waals surface area contributed by atoms with Crippen LogP contribution in [-0.2, 0) is 4.79 Å². The predicted octanol–water partition coefficient (Wildman–Crippen LogP) is -1.90. The summed E-state index contributed by atoms with van der Waals surface area (Å²) in [5.41, 5.74) is 4.94. The van der Waals surface area contributed by atoms with Crippen molar-refractivity contribution < 1.29 is 19.8 Å². The van der Waals surface area contributed by atoms with Crippen LogP contribution in [0.5, 0.6) is 0 Å². The Hall–Kier alpha value is -1.14. The largest absolute Gasteiger partial charge is 0.465 e. The second-order valence-corrected chi connectivity index (χ2v) is 1.58. The fourth-order valence-corrected chi connectivity index (χ4v) is 0.281. The number of amides is 2. The van der Waals surface area contributed by atoms with Crippen LogP contribution in [0.2, 0.25) is 0 Å². The van der Waals surface area contributed by atoms with Crippen molar-refractivity contribution >= 4 is 12.0 Å². The molecule has 0 aliphatic rings. The van der Waals surface area contributed by atoms with Crippen LogP contribution in [0.25, 0.3) is 0 Å². The highest BCUT2D eigenvalue weighted by Crippen LogP contribution is 1.75. The number of aliphatic hydroxyl groups excluding tert-OH is 1. The fraction of sp³-hybridized carbons (Fsp3) is 0.500. The van der Waals surface area contributed by atoms with Gasteiger partial charge >= 0.3 is 6.09 Å². The molecule has 2 amide bonds. The summed E-state index contributed by atoms with van der Waals surface area (Å²) < 4.78 is 0. The maximum absolute atomic E-state index is 10.4. The lowest BCUT2D eigenvalue weighted by molar-refractivity contribution is -0.122. The normalized spacial score (nSPS) is 12.2. The van der Waals surface area contributed by atoms with Crippen molar-refractivity contribution in [2.75, 3.05) is 6.61 Å². The number of rotatable bonds is 2. The van der Waals surface area contributed by atoms with E-state index in [1.165, 1.54) is 5.32 Å². The molecule has 10 heavy (non-hydrogen) atoms. The molecular weight excluding hydrogens is 140 g/mol. The quantitative estimate of drug-likeness (QED) is 0.365. The molecule has 6 nitrogen and oxygen atoms in total. The first-order chi connectivity index (χ1) is 4.57. The minimum atomic E-state index is -1.48. The summed E-state index contributed by atoms with van der Waals surface area (Å²) in [5.74, 6) is -0.907. The highest BCUT2D eigenvalue weighted by molar-refractivity contribution is 5.93. The molecule has 0 spiro atoms. The van der Waals surface area contributed by atoms with Gasteiger partial charge in [0, 0.05) is 0 Å². The van der Waals surface area contributed by atoms with E-state index in [9.17, 15) is 9.59 Å². The number of aliphatic hydroxyl groups is 1. The van der Waals surface area contributed by atoms with Gasteiger partial charge in [-0.2, -0.15) is 0 Å². The first kappa shape index (κ1) is 8.86. The van der Waals surface area contributed by atoms with Gasteiger partial charge in [0.1, 0.15) is 6.04 Å². The Morgan fingerprint density at radius 1 is 1.60 bits per heavy atom. The highest BCUT2D eigenvalue weighted by Gasteiger charge is 2.13. The predicted molar refractivity (Wildman–Crippen MR) is 31.2 cm³/mol. The smallest absolute Gasteiger partial charge is 0.411 e. The Morgan fingerprint density at radius 2 is 2.10 bits per heavy atom. The topological polar surface area (TPSA) is 113 Å². The van der Waals surface area contributed by atoms with Crippen molar-refractivity contribution in [2.45, 2.75) is 6.04 Å². The van der Waals surface area contributed by atoms with E-state index in [1.54, 1.807) is 0 Å². The number of carboxylic acid groups (broad SMARTS) is 1. The lowest BCUT2D eigenvalue weighted by Crippen LogP contribution is -2.44. The van der Waals surface area contributed by atoms with Crippen LogP contribution < -0.4 is 11.1 Å². The molecule has 0 heterocycles. The van der Waals surface area contributed by atoms with E-state index >= 15 is 0 Å². The van der Waals surface area contributed by atoms with E-state index in [2.05, 4.69) is 0 Å². The number of imide groups is 1. The van der Waals surface area contributed by atoms with Crippen molar-refractivity contribution in [3.05, 3.63) is 0 Å². The van der Waals surface area contributed by atoms with E-state index in [0.717, 1.165) is 0 Å². The maximum Gasteiger partial charge on any atom is 0.411 e. The second kappa shape index (κ2) is 3.80. The van der Waals surface area contributed by atoms with Crippen LogP contribution in [0, 0.1) is 0 Å². The minimum absolute atomic E-state index is 0.570. The fourth-order valence-electron chi connectivity index (χ4n) is 0.281. The van der Waals surface area contributed by atoms with Gasteiger partial charge in [0.25, 0.3) is 0 Å². The number of carbonyl (C=O) groups is 2. The van der Waals surface area contributed by atoms with Crippen LogP contribution in [0.3, 0.4) is 0 Å². The van der Waals surface area contributed by atoms with Gasteiger partial charge in [-0.1, -0.05) is 0 Å². The van der Waals surface area contributed by atoms with Crippen molar-refractivity contribution in [1.82, 2.24) is 5.32 Å². The first-order valence-electron chi connectivity index (χ1n) is 2.48. The van der Waals surface area contributed by atoms with Crippen LogP contribution in [0.4, 0.5) is 4.79 Å². The zero-order chi connectivity index (χ0) is 8.15. The second-order valence-electron chi connectivity index (χ2n) is 1.58. The molecule has 58 valence electrons. The SMILES string of the molecule is N[C@@H](CO)C(=O)NC(=O)O. The monoisotopic (exact) mass is 148 g/mol. The highest BCUT2D eigenvalue weighted by atomic mass is 16.4. The van der Waals surface area contributed by atoms with Crippen molar-refractivity contribution in [3.8, 4) is 0 Å². The van der Waals surface area contributed by atoms with Gasteiger partial charge in [-0.05, 0) is 0 Å². The van der Waals surface area contributed by atoms with Gasteiger partial charge in [0.05, 0.1) is 6.61 Å². The summed E-state index contributed by atoms with van der Waals surface area (Å²) in [6, 6.07) is -1.17. The van der Waals surface area contributed by atoms with Crippen molar-refractivity contribution in [1.29, 1.82) is 0 Å². The minimum Gasteiger partial charge on any atom is -0.465 e. The van der Waals surface area contributed by atoms with E-state index in [-0.39, 0.29) is 0 Å². The molecule has 1 atom stereocenters. The molecule has 0 rings (SSSR count). The van der Waals surface area contributed by atoms with Gasteiger partial charge in [-0.3, -0.25) is 10.1 Å². The number of nitrogens with one attached hydrogen (secondary N) is 1. The third kappa shape index (κ3) is 3.00. The number of nitrogens with two attached hydrogens (primary N) is 1. The number of carbonyl (C=O) groups excluding carboxylic acids is 1. The Kier molecular flexibility index (Phi) is 3.37. The van der Waals surface area contributed by atoms with Gasteiger partial charge in [-0.25, -0.2) is 4.79 Å². The molecule has 0 radical (unpaired) electrons. The molecule has 0 saturated heterocycles. The third-order valence-corrected chi connectivity index (χ3v) is 0.764. The molecule has 0 aromatic heterocycles. The van der Waals surface area contributed by atoms with Gasteiger partial charge in [-0.15, -0.1) is 0 Å². The molecule has 0 unspecified atom stereocenters. The molecule has 0 aromatic rings. The number of hydrogen-bond donors (Lipinski definition) is 4. The average molecular weight is 148 g/mol.